The van der Waals surface area contributed by atoms with Crippen molar-refractivity contribution in [1.82, 2.24) is 0 Å². The molecule has 0 saturated heterocycles. The molecule has 0 aliphatic heterocycles. The van der Waals surface area contributed by atoms with Gasteiger partial charge in [0.05, 0.1) is 0 Å². The molecule has 4 rings (SSSR count). The van der Waals surface area contributed by atoms with Crippen molar-refractivity contribution >= 4 is 11.9 Å². The Morgan fingerprint density at radius 1 is 1.13 bits per heavy atom. The van der Waals surface area contributed by atoms with Crippen molar-refractivity contribution in [1.29, 1.82) is 0 Å². The van der Waals surface area contributed by atoms with E-state index in [2.05, 4.69) is 13.5 Å². The van der Waals surface area contributed by atoms with E-state index in [4.69, 9.17) is 9.47 Å². The molecule has 0 aromatic carbocycles. The summed E-state index contributed by atoms with van der Waals surface area (Å²) in [6.07, 6.45) is 7.64. The fourth-order valence-corrected chi connectivity index (χ4v) is 6.74. The van der Waals surface area contributed by atoms with E-state index in [9.17, 15) is 9.59 Å². The summed E-state index contributed by atoms with van der Waals surface area (Å²) in [6, 6.07) is 0. The lowest BCUT2D eigenvalue weighted by Gasteiger charge is -2.42. The molecule has 0 spiro atoms. The summed E-state index contributed by atoms with van der Waals surface area (Å²) in [5.74, 6) is 4.32. The van der Waals surface area contributed by atoms with E-state index >= 15 is 0 Å². The zero-order valence-electron chi connectivity index (χ0n) is 13.8. The molecule has 0 radical (unpaired) electrons. The second kappa shape index (κ2) is 5.64. The summed E-state index contributed by atoms with van der Waals surface area (Å²) in [5, 5.41) is 0. The van der Waals surface area contributed by atoms with Crippen LogP contribution in [0.3, 0.4) is 0 Å². The lowest BCUT2D eigenvalue weighted by molar-refractivity contribution is -0.167. The average molecular weight is 318 g/mol. The van der Waals surface area contributed by atoms with Gasteiger partial charge in [-0.1, -0.05) is 13.5 Å². The van der Waals surface area contributed by atoms with Gasteiger partial charge in [0.15, 0.2) is 6.61 Å². The lowest BCUT2D eigenvalue weighted by atomic mass is 9.66. The van der Waals surface area contributed by atoms with Crippen LogP contribution in [0.2, 0.25) is 0 Å². The van der Waals surface area contributed by atoms with Crippen molar-refractivity contribution in [2.45, 2.75) is 45.1 Å². The number of hydrogen-bond donors (Lipinski definition) is 0. The highest BCUT2D eigenvalue weighted by Crippen LogP contribution is 2.69. The molecule has 4 bridgehead atoms. The van der Waals surface area contributed by atoms with Gasteiger partial charge in [-0.05, 0) is 73.5 Å². The van der Waals surface area contributed by atoms with Gasteiger partial charge in [-0.25, -0.2) is 9.59 Å². The molecule has 4 aliphatic rings. The van der Waals surface area contributed by atoms with Crippen molar-refractivity contribution in [2.24, 2.45) is 41.4 Å². The molecule has 8 atom stereocenters. The largest absolute Gasteiger partial charge is 0.459 e. The first-order valence-electron chi connectivity index (χ1n) is 9.12. The Kier molecular flexibility index (Phi) is 3.73. The van der Waals surface area contributed by atoms with E-state index < -0.39 is 11.9 Å². The van der Waals surface area contributed by atoms with Crippen LogP contribution in [0.15, 0.2) is 12.7 Å². The van der Waals surface area contributed by atoms with Crippen molar-refractivity contribution in [3.63, 3.8) is 0 Å². The van der Waals surface area contributed by atoms with Crippen molar-refractivity contribution in [2.75, 3.05) is 6.61 Å². The lowest BCUT2D eigenvalue weighted by Crippen LogP contribution is -2.43. The maximum Gasteiger partial charge on any atom is 0.344 e. The highest BCUT2D eigenvalue weighted by atomic mass is 16.6. The first-order valence-corrected chi connectivity index (χ1v) is 9.12. The molecule has 0 N–H and O–H groups in total. The number of carbonyl (C=O) groups is 2. The monoisotopic (exact) mass is 318 g/mol. The van der Waals surface area contributed by atoms with Gasteiger partial charge in [-0.15, -0.1) is 0 Å². The standard InChI is InChI=1S/C19H26O4/c1-3-12-13-8-14(18-11-6-5-10(7-11)17(13)18)19(12)23-16(21)9-22-15(20)4-2/h4,10-14,17-19H,2-3,5-9H2,1H3/t10?,11-,12?,13?,14+,17?,18?,19?/m1/s1. The van der Waals surface area contributed by atoms with Crippen LogP contribution in [0.4, 0.5) is 0 Å². The number of rotatable bonds is 5. The Labute approximate surface area is 137 Å². The third-order valence-corrected chi connectivity index (χ3v) is 7.21. The van der Waals surface area contributed by atoms with E-state index in [0.717, 1.165) is 42.1 Å². The van der Waals surface area contributed by atoms with Crippen molar-refractivity contribution < 1.29 is 19.1 Å². The van der Waals surface area contributed by atoms with Gasteiger partial charge in [0, 0.05) is 6.08 Å². The second-order valence-corrected chi connectivity index (χ2v) is 7.89. The average Bonchev–Trinajstić information content (AvgIpc) is 3.29. The van der Waals surface area contributed by atoms with E-state index in [1.807, 2.05) is 0 Å². The topological polar surface area (TPSA) is 52.6 Å². The SMILES string of the molecule is C=CC(=O)OCC(=O)OC1C(CC)C2C[C@H]1C1C2C2CC[C@@H]1C2. The zero-order chi connectivity index (χ0) is 16.1. The molecule has 4 fully saturated rings. The number of fused-ring (bicyclic) bond motifs is 9. The predicted molar refractivity (Wildman–Crippen MR) is 84.2 cm³/mol. The molecule has 6 unspecified atom stereocenters. The van der Waals surface area contributed by atoms with E-state index in [1.54, 1.807) is 0 Å². The molecule has 0 aromatic heterocycles. The molecule has 0 amide bonds. The fraction of sp³-hybridized carbons (Fsp3) is 0.789. The molecule has 23 heavy (non-hydrogen) atoms. The zero-order valence-corrected chi connectivity index (χ0v) is 13.8. The van der Waals surface area contributed by atoms with E-state index in [1.165, 1.54) is 25.7 Å². The Bertz CT molecular complexity index is 527. The number of esters is 2. The first kappa shape index (κ1) is 15.2. The Hall–Kier alpha value is -1.32. The summed E-state index contributed by atoms with van der Waals surface area (Å²) >= 11 is 0. The molecule has 4 nitrogen and oxygen atoms in total. The van der Waals surface area contributed by atoms with Crippen LogP contribution in [-0.4, -0.2) is 24.6 Å². The maximum absolute atomic E-state index is 12.1. The fourth-order valence-electron chi connectivity index (χ4n) is 6.74. The minimum Gasteiger partial charge on any atom is -0.459 e. The van der Waals surface area contributed by atoms with Gasteiger partial charge < -0.3 is 9.47 Å². The third kappa shape index (κ3) is 2.25. The summed E-state index contributed by atoms with van der Waals surface area (Å²) in [5.41, 5.74) is 0. The van der Waals surface area contributed by atoms with Crippen LogP contribution >= 0.6 is 0 Å². The van der Waals surface area contributed by atoms with Gasteiger partial charge >= 0.3 is 11.9 Å². The van der Waals surface area contributed by atoms with Crippen LogP contribution in [0.1, 0.15) is 39.0 Å². The van der Waals surface area contributed by atoms with Crippen LogP contribution in [-0.2, 0) is 19.1 Å². The highest BCUT2D eigenvalue weighted by Gasteiger charge is 2.66. The van der Waals surface area contributed by atoms with E-state index in [0.29, 0.717) is 11.8 Å². The van der Waals surface area contributed by atoms with E-state index in [-0.39, 0.29) is 12.7 Å². The van der Waals surface area contributed by atoms with Crippen LogP contribution in [0, 0.1) is 41.4 Å². The summed E-state index contributed by atoms with van der Waals surface area (Å²) in [6.45, 7) is 5.25. The minimum atomic E-state index is -0.574. The molecule has 0 heterocycles. The maximum atomic E-state index is 12.1. The van der Waals surface area contributed by atoms with Crippen LogP contribution < -0.4 is 0 Å². The van der Waals surface area contributed by atoms with Gasteiger partial charge in [-0.2, -0.15) is 0 Å². The minimum absolute atomic E-state index is 0.0422. The number of hydrogen-bond acceptors (Lipinski definition) is 4. The normalized spacial score (nSPS) is 45.8. The molecular formula is C19H26O4. The molecule has 4 heteroatoms. The third-order valence-electron chi connectivity index (χ3n) is 7.21. The molecule has 126 valence electrons. The second-order valence-electron chi connectivity index (χ2n) is 7.89. The number of carbonyl (C=O) groups excluding carboxylic acids is 2. The van der Waals surface area contributed by atoms with Crippen molar-refractivity contribution in [3.8, 4) is 0 Å². The summed E-state index contributed by atoms with van der Waals surface area (Å²) in [7, 11) is 0. The molecule has 4 aliphatic carbocycles. The smallest absolute Gasteiger partial charge is 0.344 e. The molecule has 4 saturated carbocycles. The Morgan fingerprint density at radius 2 is 1.83 bits per heavy atom. The predicted octanol–water partition coefficient (Wildman–Crippen LogP) is 2.97. The molecular weight excluding hydrogens is 292 g/mol. The Balaban J connectivity index is 1.44. The molecule has 0 aromatic rings. The van der Waals surface area contributed by atoms with Crippen LogP contribution in [0.25, 0.3) is 0 Å². The van der Waals surface area contributed by atoms with Gasteiger partial charge in [0.25, 0.3) is 0 Å². The Morgan fingerprint density at radius 3 is 2.48 bits per heavy atom. The number of ether oxygens (including phenoxy) is 2. The van der Waals surface area contributed by atoms with Crippen LogP contribution in [0.5, 0.6) is 0 Å². The quantitative estimate of drug-likeness (QED) is 0.444. The summed E-state index contributed by atoms with van der Waals surface area (Å²) in [4.78, 5) is 23.2. The first-order chi connectivity index (χ1) is 11.1. The summed E-state index contributed by atoms with van der Waals surface area (Å²) < 4.78 is 10.6. The van der Waals surface area contributed by atoms with Crippen molar-refractivity contribution in [3.05, 3.63) is 12.7 Å². The highest BCUT2D eigenvalue weighted by molar-refractivity contribution is 5.83. The van der Waals surface area contributed by atoms with Gasteiger partial charge in [0.1, 0.15) is 6.10 Å². The van der Waals surface area contributed by atoms with Gasteiger partial charge in [-0.3, -0.25) is 0 Å². The van der Waals surface area contributed by atoms with Gasteiger partial charge in [0.2, 0.25) is 0 Å².